The summed E-state index contributed by atoms with van der Waals surface area (Å²) in [5, 5.41) is 17.9. The van der Waals surface area contributed by atoms with E-state index in [0.717, 1.165) is 30.4 Å². The molecule has 3 nitrogen and oxygen atoms in total. The van der Waals surface area contributed by atoms with Crippen molar-refractivity contribution in [3.05, 3.63) is 102 Å². The second-order valence-electron chi connectivity index (χ2n) is 7.39. The normalized spacial score (nSPS) is 11.9. The Morgan fingerprint density at radius 3 is 1.88 bits per heavy atom. The molecule has 0 amide bonds. The molecule has 32 heavy (non-hydrogen) atoms. The van der Waals surface area contributed by atoms with Crippen LogP contribution in [-0.4, -0.2) is 22.9 Å². The molecule has 2 atom stereocenters. The van der Waals surface area contributed by atoms with Gasteiger partial charge in [0.1, 0.15) is 11.6 Å². The van der Waals surface area contributed by atoms with Crippen molar-refractivity contribution in [3.63, 3.8) is 0 Å². The quantitative estimate of drug-likeness (QED) is 0.385. The topological polar surface area (TPSA) is 49.7 Å². The van der Waals surface area contributed by atoms with Crippen molar-refractivity contribution in [1.29, 1.82) is 0 Å². The zero-order valence-electron chi connectivity index (χ0n) is 19.5. The van der Waals surface area contributed by atoms with E-state index in [-0.39, 0.29) is 18.5 Å². The van der Waals surface area contributed by atoms with Gasteiger partial charge in [0, 0.05) is 6.61 Å². The first kappa shape index (κ1) is 27.3. The molecule has 0 aliphatic carbocycles. The summed E-state index contributed by atoms with van der Waals surface area (Å²) in [6, 6.07) is 25.4. The van der Waals surface area contributed by atoms with E-state index in [1.807, 2.05) is 50.2 Å². The Hall–Kier alpha value is -2.69. The minimum Gasteiger partial charge on any atom is -0.508 e. The number of rotatable bonds is 9. The van der Waals surface area contributed by atoms with Crippen molar-refractivity contribution in [2.24, 2.45) is 5.92 Å². The second-order valence-corrected chi connectivity index (χ2v) is 7.39. The molecule has 2 N–H and O–H groups in total. The average Bonchev–Trinajstić information content (AvgIpc) is 2.82. The Morgan fingerprint density at radius 2 is 1.38 bits per heavy atom. The van der Waals surface area contributed by atoms with Gasteiger partial charge >= 0.3 is 0 Å². The van der Waals surface area contributed by atoms with Crippen LogP contribution in [-0.2, 0) is 17.8 Å². The number of halogens is 1. The molecule has 0 heterocycles. The van der Waals surface area contributed by atoms with E-state index in [4.69, 9.17) is 9.84 Å². The van der Waals surface area contributed by atoms with E-state index in [2.05, 4.69) is 19.1 Å². The van der Waals surface area contributed by atoms with E-state index in [1.165, 1.54) is 12.1 Å². The van der Waals surface area contributed by atoms with Crippen molar-refractivity contribution >= 4 is 0 Å². The van der Waals surface area contributed by atoms with Crippen molar-refractivity contribution in [2.75, 3.05) is 6.61 Å². The first-order valence-electron chi connectivity index (χ1n) is 11.3. The number of phenols is 1. The third-order valence-electron chi connectivity index (χ3n) is 4.77. The molecule has 4 heteroatoms. The fourth-order valence-corrected chi connectivity index (χ4v) is 3.22. The zero-order valence-corrected chi connectivity index (χ0v) is 19.5. The predicted octanol–water partition coefficient (Wildman–Crippen LogP) is 6.78. The number of aromatic hydroxyl groups is 1. The molecule has 0 saturated carbocycles. The van der Waals surface area contributed by atoms with Crippen molar-refractivity contribution < 1.29 is 19.3 Å². The van der Waals surface area contributed by atoms with Crippen LogP contribution in [0.5, 0.6) is 5.75 Å². The van der Waals surface area contributed by atoms with Gasteiger partial charge in [-0.2, -0.15) is 0 Å². The maximum atomic E-state index is 13.0. The fraction of sp³-hybridized carbons (Fsp3) is 0.357. The SMILES string of the molecule is CC.CC(CC(CCO)Cc1ccc(F)cc1)OCc1ccccc1.Oc1ccccc1. The van der Waals surface area contributed by atoms with Gasteiger partial charge in [0.15, 0.2) is 0 Å². The molecule has 0 radical (unpaired) electrons. The van der Waals surface area contributed by atoms with E-state index < -0.39 is 0 Å². The maximum Gasteiger partial charge on any atom is 0.123 e. The van der Waals surface area contributed by atoms with E-state index in [0.29, 0.717) is 18.3 Å². The molecule has 0 saturated heterocycles. The van der Waals surface area contributed by atoms with Gasteiger partial charge in [-0.3, -0.25) is 0 Å². The third kappa shape index (κ3) is 12.2. The first-order chi connectivity index (χ1) is 15.6. The van der Waals surface area contributed by atoms with E-state index in [1.54, 1.807) is 24.3 Å². The number of ether oxygens (including phenoxy) is 1. The molecule has 0 spiro atoms. The van der Waals surface area contributed by atoms with Gasteiger partial charge < -0.3 is 14.9 Å². The Bertz CT molecular complexity index is 807. The van der Waals surface area contributed by atoms with E-state index >= 15 is 0 Å². The summed E-state index contributed by atoms with van der Waals surface area (Å²) in [5.74, 6) is 0.436. The highest BCUT2D eigenvalue weighted by molar-refractivity contribution is 5.18. The smallest absolute Gasteiger partial charge is 0.123 e. The van der Waals surface area contributed by atoms with Crippen LogP contribution in [0.15, 0.2) is 84.9 Å². The van der Waals surface area contributed by atoms with Crippen molar-refractivity contribution in [2.45, 2.75) is 52.7 Å². The van der Waals surface area contributed by atoms with Crippen LogP contribution in [0.4, 0.5) is 4.39 Å². The van der Waals surface area contributed by atoms with Gasteiger partial charge in [-0.1, -0.05) is 74.5 Å². The fourth-order valence-electron chi connectivity index (χ4n) is 3.22. The summed E-state index contributed by atoms with van der Waals surface area (Å²) in [7, 11) is 0. The summed E-state index contributed by atoms with van der Waals surface area (Å²) in [4.78, 5) is 0. The average molecular weight is 441 g/mol. The maximum absolute atomic E-state index is 13.0. The van der Waals surface area contributed by atoms with E-state index in [9.17, 15) is 9.50 Å². The van der Waals surface area contributed by atoms with Crippen molar-refractivity contribution in [3.8, 4) is 5.75 Å². The van der Waals surface area contributed by atoms with Gasteiger partial charge in [0.05, 0.1) is 12.7 Å². The number of phenolic OH excluding ortho intramolecular Hbond substituents is 1. The number of hydrogen-bond donors (Lipinski definition) is 2. The van der Waals surface area contributed by atoms with Crippen LogP contribution in [0.1, 0.15) is 44.7 Å². The van der Waals surface area contributed by atoms with Crippen molar-refractivity contribution in [1.82, 2.24) is 0 Å². The van der Waals surface area contributed by atoms with Gasteiger partial charge in [-0.25, -0.2) is 4.39 Å². The number of aliphatic hydroxyl groups is 1. The molecule has 3 aromatic rings. The molecule has 3 rings (SSSR count). The standard InChI is InChI=1S/C20H25FO2.C6H6O.C2H6/c1-16(23-15-18-5-3-2-4-6-18)13-19(11-12-22)14-17-7-9-20(21)10-8-17;7-6-4-2-1-3-5-6;1-2/h2-10,16,19,22H,11-15H2,1H3;1-5,7H;1-2H3. The highest BCUT2D eigenvalue weighted by Gasteiger charge is 2.14. The molecule has 0 bridgehead atoms. The number of para-hydroxylation sites is 1. The van der Waals surface area contributed by atoms with Gasteiger partial charge in [0.2, 0.25) is 0 Å². The molecule has 3 aromatic carbocycles. The molecule has 0 aliphatic heterocycles. The second kappa shape index (κ2) is 16.9. The summed E-state index contributed by atoms with van der Waals surface area (Å²) in [6.07, 6.45) is 2.56. The molecular formula is C28H37FO3. The van der Waals surface area contributed by atoms with Crippen LogP contribution in [0.2, 0.25) is 0 Å². The summed E-state index contributed by atoms with van der Waals surface area (Å²) >= 11 is 0. The predicted molar refractivity (Wildman–Crippen MR) is 130 cm³/mol. The Morgan fingerprint density at radius 1 is 0.812 bits per heavy atom. The Kier molecular flexibility index (Phi) is 14.5. The monoisotopic (exact) mass is 440 g/mol. The minimum atomic E-state index is -0.216. The first-order valence-corrected chi connectivity index (χ1v) is 11.3. The van der Waals surface area contributed by atoms with Crippen LogP contribution < -0.4 is 0 Å². The Labute approximate surface area is 192 Å². The number of aliphatic hydroxyl groups excluding tert-OH is 1. The van der Waals surface area contributed by atoms with Gasteiger partial charge in [0.25, 0.3) is 0 Å². The summed E-state index contributed by atoms with van der Waals surface area (Å²) in [6.45, 7) is 6.83. The molecule has 2 unspecified atom stereocenters. The largest absolute Gasteiger partial charge is 0.508 e. The van der Waals surface area contributed by atoms with Crippen LogP contribution in [0, 0.1) is 11.7 Å². The number of benzene rings is 3. The lowest BCUT2D eigenvalue weighted by molar-refractivity contribution is 0.0338. The lowest BCUT2D eigenvalue weighted by Crippen LogP contribution is -2.17. The van der Waals surface area contributed by atoms with Crippen LogP contribution in [0.3, 0.4) is 0 Å². The molecule has 174 valence electrons. The summed E-state index contributed by atoms with van der Waals surface area (Å²) in [5.41, 5.74) is 2.26. The lowest BCUT2D eigenvalue weighted by atomic mass is 9.91. The Balaban J connectivity index is 0.000000477. The van der Waals surface area contributed by atoms with Crippen LogP contribution >= 0.6 is 0 Å². The molecular weight excluding hydrogens is 403 g/mol. The lowest BCUT2D eigenvalue weighted by Gasteiger charge is -2.21. The van der Waals surface area contributed by atoms with Crippen LogP contribution in [0.25, 0.3) is 0 Å². The number of hydrogen-bond acceptors (Lipinski definition) is 3. The summed E-state index contributed by atoms with van der Waals surface area (Å²) < 4.78 is 18.9. The van der Waals surface area contributed by atoms with Gasteiger partial charge in [-0.05, 0) is 67.5 Å². The highest BCUT2D eigenvalue weighted by Crippen LogP contribution is 2.20. The molecule has 0 fully saturated rings. The molecule has 0 aliphatic rings. The highest BCUT2D eigenvalue weighted by atomic mass is 19.1. The minimum absolute atomic E-state index is 0.118. The zero-order chi connectivity index (χ0) is 23.6. The molecule has 0 aromatic heterocycles. The van der Waals surface area contributed by atoms with Gasteiger partial charge in [-0.15, -0.1) is 0 Å². The third-order valence-corrected chi connectivity index (χ3v) is 4.77.